The highest BCUT2D eigenvalue weighted by atomic mass is 16.5. The summed E-state index contributed by atoms with van der Waals surface area (Å²) >= 11 is 0. The van der Waals surface area contributed by atoms with Crippen molar-refractivity contribution in [3.63, 3.8) is 0 Å². The van der Waals surface area contributed by atoms with Gasteiger partial charge in [-0.25, -0.2) is 4.79 Å². The van der Waals surface area contributed by atoms with Gasteiger partial charge in [0.15, 0.2) is 0 Å². The fourth-order valence-corrected chi connectivity index (χ4v) is 2.99. The van der Waals surface area contributed by atoms with Gasteiger partial charge >= 0.3 is 17.9 Å². The second-order valence-corrected chi connectivity index (χ2v) is 7.28. The van der Waals surface area contributed by atoms with Crippen molar-refractivity contribution in [1.82, 2.24) is 0 Å². The number of unbranched alkanes of at least 4 members (excludes halogenated alkanes) is 8. The standard InChI is InChI=1S/C22H36O6/c1-5-6-7-8-9-10-11-12-13-14-18(17(4)28-22(27)16(2)3)19(21(25)26)15-20(23)24/h14,17,19H,2,5-13,15H2,1,3-4H3,(H,23,24)(H,25,26). The maximum absolute atomic E-state index is 11.8. The zero-order valence-electron chi connectivity index (χ0n) is 17.5. The number of rotatable bonds is 16. The van der Waals surface area contributed by atoms with E-state index in [0.717, 1.165) is 19.3 Å². The van der Waals surface area contributed by atoms with Gasteiger partial charge in [-0.1, -0.05) is 64.5 Å². The van der Waals surface area contributed by atoms with Crippen LogP contribution in [0.2, 0.25) is 0 Å². The van der Waals surface area contributed by atoms with Crippen molar-refractivity contribution in [3.8, 4) is 0 Å². The summed E-state index contributed by atoms with van der Waals surface area (Å²) in [5.74, 6) is -4.28. The first-order valence-corrected chi connectivity index (χ1v) is 10.2. The molecule has 0 amide bonds. The van der Waals surface area contributed by atoms with Crippen LogP contribution >= 0.6 is 0 Å². The van der Waals surface area contributed by atoms with Crippen molar-refractivity contribution in [3.05, 3.63) is 23.8 Å². The lowest BCUT2D eigenvalue weighted by Crippen LogP contribution is -2.28. The number of hydrogen-bond donors (Lipinski definition) is 2. The average molecular weight is 397 g/mol. The monoisotopic (exact) mass is 396 g/mol. The fraction of sp³-hybridized carbons (Fsp3) is 0.682. The highest BCUT2D eigenvalue weighted by Crippen LogP contribution is 2.24. The van der Waals surface area contributed by atoms with Crippen LogP contribution in [0.15, 0.2) is 23.8 Å². The maximum atomic E-state index is 11.8. The fourth-order valence-electron chi connectivity index (χ4n) is 2.99. The Balaban J connectivity index is 4.89. The molecule has 160 valence electrons. The summed E-state index contributed by atoms with van der Waals surface area (Å²) < 4.78 is 5.26. The third-order valence-electron chi connectivity index (χ3n) is 4.62. The third-order valence-corrected chi connectivity index (χ3v) is 4.62. The molecule has 2 atom stereocenters. The van der Waals surface area contributed by atoms with Gasteiger partial charge in [0.25, 0.3) is 0 Å². The Hall–Kier alpha value is -2.11. The summed E-state index contributed by atoms with van der Waals surface area (Å²) in [5.41, 5.74) is 0.534. The number of carboxylic acid groups (broad SMARTS) is 2. The predicted molar refractivity (Wildman–Crippen MR) is 109 cm³/mol. The van der Waals surface area contributed by atoms with Crippen molar-refractivity contribution in [1.29, 1.82) is 0 Å². The van der Waals surface area contributed by atoms with E-state index in [1.54, 1.807) is 13.0 Å². The molecule has 0 saturated carbocycles. The minimum Gasteiger partial charge on any atom is -0.481 e. The van der Waals surface area contributed by atoms with Crippen LogP contribution in [-0.4, -0.2) is 34.2 Å². The minimum absolute atomic E-state index is 0.208. The number of carboxylic acids is 2. The maximum Gasteiger partial charge on any atom is 0.333 e. The van der Waals surface area contributed by atoms with Gasteiger partial charge in [0, 0.05) is 5.57 Å². The number of allylic oxidation sites excluding steroid dienone is 1. The Morgan fingerprint density at radius 3 is 2.00 bits per heavy atom. The van der Waals surface area contributed by atoms with E-state index >= 15 is 0 Å². The van der Waals surface area contributed by atoms with E-state index in [0.29, 0.717) is 12.0 Å². The van der Waals surface area contributed by atoms with E-state index in [-0.39, 0.29) is 5.57 Å². The van der Waals surface area contributed by atoms with Crippen LogP contribution in [0.4, 0.5) is 0 Å². The molecule has 0 rings (SSSR count). The second-order valence-electron chi connectivity index (χ2n) is 7.28. The Morgan fingerprint density at radius 2 is 1.54 bits per heavy atom. The molecule has 0 aromatic carbocycles. The molecular formula is C22H36O6. The molecule has 0 bridgehead atoms. The topological polar surface area (TPSA) is 101 Å². The van der Waals surface area contributed by atoms with Crippen molar-refractivity contribution >= 4 is 17.9 Å². The van der Waals surface area contributed by atoms with Gasteiger partial charge in [-0.3, -0.25) is 9.59 Å². The van der Waals surface area contributed by atoms with Crippen LogP contribution < -0.4 is 0 Å². The van der Waals surface area contributed by atoms with Crippen molar-refractivity contribution in [2.75, 3.05) is 0 Å². The lowest BCUT2D eigenvalue weighted by molar-refractivity contribution is -0.148. The number of hydrogen-bond acceptors (Lipinski definition) is 4. The summed E-state index contributed by atoms with van der Waals surface area (Å²) in [6.07, 6.45) is 10.2. The van der Waals surface area contributed by atoms with Gasteiger partial charge in [-0.15, -0.1) is 0 Å². The SMILES string of the molecule is C=C(C)C(=O)OC(C)C(=CCCCCCCCCCC)C(CC(=O)O)C(=O)O. The summed E-state index contributed by atoms with van der Waals surface area (Å²) in [4.78, 5) is 34.5. The zero-order chi connectivity index (χ0) is 21.5. The predicted octanol–water partition coefficient (Wildman–Crippen LogP) is 5.13. The van der Waals surface area contributed by atoms with Gasteiger partial charge < -0.3 is 14.9 Å². The Morgan fingerprint density at radius 1 is 1.00 bits per heavy atom. The second kappa shape index (κ2) is 14.9. The first-order chi connectivity index (χ1) is 13.2. The molecule has 28 heavy (non-hydrogen) atoms. The quantitative estimate of drug-likeness (QED) is 0.162. The van der Waals surface area contributed by atoms with Gasteiger partial charge in [0.2, 0.25) is 0 Å². The van der Waals surface area contributed by atoms with E-state index in [9.17, 15) is 19.5 Å². The number of carbonyl (C=O) groups is 3. The van der Waals surface area contributed by atoms with Crippen LogP contribution in [0.25, 0.3) is 0 Å². The van der Waals surface area contributed by atoms with E-state index in [2.05, 4.69) is 13.5 Å². The molecule has 0 aliphatic rings. The Labute approximate surface area is 168 Å². The first-order valence-electron chi connectivity index (χ1n) is 10.2. The van der Waals surface area contributed by atoms with Crippen LogP contribution in [0.3, 0.4) is 0 Å². The molecule has 0 spiro atoms. The average Bonchev–Trinajstić information content (AvgIpc) is 2.61. The summed E-state index contributed by atoms with van der Waals surface area (Å²) in [5, 5.41) is 18.5. The molecule has 0 heterocycles. The van der Waals surface area contributed by atoms with Crippen molar-refractivity contribution in [2.24, 2.45) is 5.92 Å². The Kier molecular flexibility index (Phi) is 13.8. The van der Waals surface area contributed by atoms with E-state index in [1.807, 2.05) is 0 Å². The molecule has 0 radical (unpaired) electrons. The van der Waals surface area contributed by atoms with Crippen LogP contribution in [0.5, 0.6) is 0 Å². The molecule has 2 N–H and O–H groups in total. The van der Waals surface area contributed by atoms with E-state index in [1.165, 1.54) is 39.0 Å². The van der Waals surface area contributed by atoms with Crippen molar-refractivity contribution in [2.45, 2.75) is 91.1 Å². The number of ether oxygens (including phenoxy) is 1. The molecular weight excluding hydrogens is 360 g/mol. The zero-order valence-corrected chi connectivity index (χ0v) is 17.5. The summed E-state index contributed by atoms with van der Waals surface area (Å²) in [6, 6.07) is 0. The van der Waals surface area contributed by atoms with E-state index < -0.39 is 36.4 Å². The third kappa shape index (κ3) is 11.6. The van der Waals surface area contributed by atoms with Crippen LogP contribution in [-0.2, 0) is 19.1 Å². The molecule has 0 aromatic rings. The lowest BCUT2D eigenvalue weighted by Gasteiger charge is -2.22. The highest BCUT2D eigenvalue weighted by Gasteiger charge is 2.30. The number of carbonyl (C=O) groups excluding carboxylic acids is 1. The first kappa shape index (κ1) is 25.9. The van der Waals surface area contributed by atoms with Gasteiger partial charge in [-0.2, -0.15) is 0 Å². The molecule has 0 saturated heterocycles. The van der Waals surface area contributed by atoms with Gasteiger partial charge in [0.05, 0.1) is 12.3 Å². The molecule has 6 nitrogen and oxygen atoms in total. The largest absolute Gasteiger partial charge is 0.481 e. The molecule has 0 fully saturated rings. The number of aliphatic carboxylic acids is 2. The van der Waals surface area contributed by atoms with Crippen LogP contribution in [0, 0.1) is 5.92 Å². The molecule has 6 heteroatoms. The highest BCUT2D eigenvalue weighted by molar-refractivity contribution is 5.87. The Bertz CT molecular complexity index is 549. The van der Waals surface area contributed by atoms with Gasteiger partial charge in [0.1, 0.15) is 6.10 Å². The molecule has 0 aromatic heterocycles. The van der Waals surface area contributed by atoms with Gasteiger partial charge in [-0.05, 0) is 32.3 Å². The minimum atomic E-state index is -1.23. The lowest BCUT2D eigenvalue weighted by atomic mass is 9.90. The van der Waals surface area contributed by atoms with E-state index in [4.69, 9.17) is 9.84 Å². The summed E-state index contributed by atoms with van der Waals surface area (Å²) in [7, 11) is 0. The number of esters is 1. The van der Waals surface area contributed by atoms with Crippen LogP contribution in [0.1, 0.15) is 85.0 Å². The smallest absolute Gasteiger partial charge is 0.333 e. The molecule has 2 unspecified atom stereocenters. The normalized spacial score (nSPS) is 13.6. The molecule has 0 aliphatic carbocycles. The van der Waals surface area contributed by atoms with Crippen molar-refractivity contribution < 1.29 is 29.3 Å². The summed E-state index contributed by atoms with van der Waals surface area (Å²) in [6.45, 7) is 8.77. The molecule has 0 aliphatic heterocycles.